The molecule has 0 aliphatic carbocycles. The van der Waals surface area contributed by atoms with E-state index >= 15 is 0 Å². The molecule has 1 heterocycles. The number of aromatic nitrogens is 2. The molecule has 3 heteroatoms. The number of ketones is 1. The van der Waals surface area contributed by atoms with Gasteiger partial charge in [0.15, 0.2) is 5.78 Å². The van der Waals surface area contributed by atoms with Gasteiger partial charge in [0, 0.05) is 24.4 Å². The Kier molecular flexibility index (Phi) is 2.54. The second-order valence-electron chi connectivity index (χ2n) is 3.71. The molecule has 0 saturated heterocycles. The van der Waals surface area contributed by atoms with Crippen LogP contribution in [0.2, 0.25) is 0 Å². The Morgan fingerprint density at radius 3 is 3.00 bits per heavy atom. The largest absolute Gasteiger partial charge is 0.294 e. The van der Waals surface area contributed by atoms with E-state index in [1.54, 1.807) is 6.20 Å². The number of rotatable bonds is 3. The molecule has 0 N–H and O–H groups in total. The van der Waals surface area contributed by atoms with E-state index in [1.807, 2.05) is 36.9 Å². The van der Waals surface area contributed by atoms with Crippen molar-refractivity contribution in [2.75, 3.05) is 0 Å². The van der Waals surface area contributed by atoms with Crippen molar-refractivity contribution in [3.8, 4) is 0 Å². The maximum absolute atomic E-state index is 11.7. The highest BCUT2D eigenvalue weighted by molar-refractivity contribution is 5.99. The Bertz CT molecular complexity index is 499. The summed E-state index contributed by atoms with van der Waals surface area (Å²) in [6, 6.07) is 5.74. The van der Waals surface area contributed by atoms with Crippen molar-refractivity contribution in [3.05, 3.63) is 30.0 Å². The van der Waals surface area contributed by atoms with Crippen LogP contribution in [0.1, 0.15) is 30.1 Å². The van der Waals surface area contributed by atoms with Crippen molar-refractivity contribution >= 4 is 16.7 Å². The Morgan fingerprint density at radius 2 is 2.27 bits per heavy atom. The summed E-state index contributed by atoms with van der Waals surface area (Å²) in [5.41, 5.74) is 1.85. The zero-order chi connectivity index (χ0) is 10.8. The number of carbonyl (C=O) groups is 1. The minimum Gasteiger partial charge on any atom is -0.294 e. The number of hydrogen-bond donors (Lipinski definition) is 0. The van der Waals surface area contributed by atoms with Crippen LogP contribution in [-0.4, -0.2) is 15.6 Å². The van der Waals surface area contributed by atoms with Crippen LogP contribution in [0.25, 0.3) is 10.9 Å². The van der Waals surface area contributed by atoms with Crippen LogP contribution in [-0.2, 0) is 7.05 Å². The fraction of sp³-hybridized carbons (Fsp3) is 0.333. The van der Waals surface area contributed by atoms with Crippen LogP contribution in [0.15, 0.2) is 24.4 Å². The average molecular weight is 202 g/mol. The molecule has 15 heavy (non-hydrogen) atoms. The van der Waals surface area contributed by atoms with Crippen LogP contribution in [0.4, 0.5) is 0 Å². The highest BCUT2D eigenvalue weighted by atomic mass is 16.1. The summed E-state index contributed by atoms with van der Waals surface area (Å²) >= 11 is 0. The fourth-order valence-corrected chi connectivity index (χ4v) is 1.71. The van der Waals surface area contributed by atoms with Gasteiger partial charge < -0.3 is 0 Å². The van der Waals surface area contributed by atoms with Crippen molar-refractivity contribution in [1.29, 1.82) is 0 Å². The van der Waals surface area contributed by atoms with E-state index in [0.717, 1.165) is 22.9 Å². The number of benzene rings is 1. The number of nitrogens with zero attached hydrogens (tertiary/aromatic N) is 2. The maximum atomic E-state index is 11.7. The first-order valence-electron chi connectivity index (χ1n) is 5.17. The molecule has 3 nitrogen and oxygen atoms in total. The molecule has 1 aromatic heterocycles. The first-order chi connectivity index (χ1) is 7.22. The van der Waals surface area contributed by atoms with Gasteiger partial charge in [-0.2, -0.15) is 5.10 Å². The quantitative estimate of drug-likeness (QED) is 0.717. The van der Waals surface area contributed by atoms with E-state index in [2.05, 4.69) is 5.10 Å². The normalized spacial score (nSPS) is 10.8. The van der Waals surface area contributed by atoms with Gasteiger partial charge >= 0.3 is 0 Å². The molecule has 0 aliphatic rings. The molecule has 1 aromatic carbocycles. The Labute approximate surface area is 88.7 Å². The molecule has 0 aliphatic heterocycles. The molecule has 0 spiro atoms. The lowest BCUT2D eigenvalue weighted by atomic mass is 10.1. The third-order valence-electron chi connectivity index (χ3n) is 2.55. The van der Waals surface area contributed by atoms with Crippen LogP contribution in [0.3, 0.4) is 0 Å². The summed E-state index contributed by atoms with van der Waals surface area (Å²) in [5, 5.41) is 5.17. The van der Waals surface area contributed by atoms with Gasteiger partial charge in [-0.3, -0.25) is 9.48 Å². The standard InChI is InChI=1S/C12H14N2O/c1-3-4-12(15)9-5-6-11-10(7-9)8-13-14(11)2/h5-8H,3-4H2,1-2H3. The zero-order valence-corrected chi connectivity index (χ0v) is 9.03. The minimum absolute atomic E-state index is 0.211. The van der Waals surface area contributed by atoms with Crippen LogP contribution in [0, 0.1) is 0 Å². The van der Waals surface area contributed by atoms with Crippen LogP contribution in [0.5, 0.6) is 0 Å². The van der Waals surface area contributed by atoms with Gasteiger partial charge in [-0.05, 0) is 24.6 Å². The molecule has 78 valence electrons. The second-order valence-corrected chi connectivity index (χ2v) is 3.71. The van der Waals surface area contributed by atoms with Gasteiger partial charge in [-0.25, -0.2) is 0 Å². The lowest BCUT2D eigenvalue weighted by Gasteiger charge is -1.99. The monoisotopic (exact) mass is 202 g/mol. The fourth-order valence-electron chi connectivity index (χ4n) is 1.71. The number of fused-ring (bicyclic) bond motifs is 1. The highest BCUT2D eigenvalue weighted by Crippen LogP contribution is 2.16. The molecule has 0 bridgehead atoms. The Morgan fingerprint density at radius 1 is 1.47 bits per heavy atom. The van der Waals surface area contributed by atoms with E-state index in [1.165, 1.54) is 0 Å². The van der Waals surface area contributed by atoms with Gasteiger partial charge in [0.1, 0.15) is 0 Å². The number of hydrogen-bond acceptors (Lipinski definition) is 2. The van der Waals surface area contributed by atoms with Gasteiger partial charge in [0.25, 0.3) is 0 Å². The second kappa shape index (κ2) is 3.85. The minimum atomic E-state index is 0.211. The molecular formula is C12H14N2O. The molecule has 2 rings (SSSR count). The summed E-state index contributed by atoms with van der Waals surface area (Å²) in [4.78, 5) is 11.7. The average Bonchev–Trinajstić information content (AvgIpc) is 2.60. The van der Waals surface area contributed by atoms with Crippen molar-refractivity contribution in [1.82, 2.24) is 9.78 Å². The third kappa shape index (κ3) is 1.77. The molecule has 2 aromatic rings. The van der Waals surface area contributed by atoms with E-state index in [0.29, 0.717) is 6.42 Å². The van der Waals surface area contributed by atoms with Crippen molar-refractivity contribution < 1.29 is 4.79 Å². The molecule has 0 saturated carbocycles. The summed E-state index contributed by atoms with van der Waals surface area (Å²) in [6.07, 6.45) is 3.30. The summed E-state index contributed by atoms with van der Waals surface area (Å²) in [5.74, 6) is 0.211. The van der Waals surface area contributed by atoms with E-state index in [9.17, 15) is 4.79 Å². The SMILES string of the molecule is CCCC(=O)c1ccc2c(cnn2C)c1. The maximum Gasteiger partial charge on any atom is 0.162 e. The number of Topliss-reactive ketones (excluding diaryl/α,β-unsaturated/α-hetero) is 1. The van der Waals surface area contributed by atoms with Crippen LogP contribution >= 0.6 is 0 Å². The molecule has 0 atom stereocenters. The van der Waals surface area contributed by atoms with E-state index < -0.39 is 0 Å². The lowest BCUT2D eigenvalue weighted by molar-refractivity contribution is 0.0982. The predicted molar refractivity (Wildman–Crippen MR) is 60.0 cm³/mol. The van der Waals surface area contributed by atoms with Crippen molar-refractivity contribution in [2.45, 2.75) is 19.8 Å². The molecule has 0 fully saturated rings. The lowest BCUT2D eigenvalue weighted by Crippen LogP contribution is -1.97. The van der Waals surface area contributed by atoms with E-state index in [4.69, 9.17) is 0 Å². The first kappa shape index (κ1) is 9.90. The van der Waals surface area contributed by atoms with Gasteiger partial charge in [0.05, 0.1) is 11.7 Å². The first-order valence-corrected chi connectivity index (χ1v) is 5.17. The van der Waals surface area contributed by atoms with E-state index in [-0.39, 0.29) is 5.78 Å². The Balaban J connectivity index is 2.43. The Hall–Kier alpha value is -1.64. The number of carbonyl (C=O) groups excluding carboxylic acids is 1. The smallest absolute Gasteiger partial charge is 0.162 e. The third-order valence-corrected chi connectivity index (χ3v) is 2.55. The molecular weight excluding hydrogens is 188 g/mol. The van der Waals surface area contributed by atoms with Gasteiger partial charge in [0.2, 0.25) is 0 Å². The zero-order valence-electron chi connectivity index (χ0n) is 9.03. The van der Waals surface area contributed by atoms with Crippen LogP contribution < -0.4 is 0 Å². The summed E-state index contributed by atoms with van der Waals surface area (Å²) in [6.45, 7) is 2.01. The molecule has 0 unspecified atom stereocenters. The number of aryl methyl sites for hydroxylation is 1. The predicted octanol–water partition coefficient (Wildman–Crippen LogP) is 2.56. The van der Waals surface area contributed by atoms with Crippen molar-refractivity contribution in [2.24, 2.45) is 7.05 Å². The van der Waals surface area contributed by atoms with Crippen molar-refractivity contribution in [3.63, 3.8) is 0 Å². The highest BCUT2D eigenvalue weighted by Gasteiger charge is 2.06. The summed E-state index contributed by atoms with van der Waals surface area (Å²) < 4.78 is 1.81. The molecule has 0 amide bonds. The van der Waals surface area contributed by atoms with Gasteiger partial charge in [-0.15, -0.1) is 0 Å². The summed E-state index contributed by atoms with van der Waals surface area (Å²) in [7, 11) is 1.90. The van der Waals surface area contributed by atoms with Gasteiger partial charge in [-0.1, -0.05) is 6.92 Å². The topological polar surface area (TPSA) is 34.9 Å². The molecule has 0 radical (unpaired) electrons.